The van der Waals surface area contributed by atoms with Crippen molar-refractivity contribution in [2.45, 2.75) is 388 Å². The van der Waals surface area contributed by atoms with Crippen LogP contribution < -0.4 is 0 Å². The van der Waals surface area contributed by atoms with Gasteiger partial charge in [-0.25, -0.2) is 9.13 Å². The molecule has 0 aromatic carbocycles. The van der Waals surface area contributed by atoms with E-state index in [0.717, 1.165) is 114 Å². The number of esters is 4. The Morgan fingerprint density at radius 3 is 0.826 bits per heavy atom. The Hall–Kier alpha value is -1.94. The number of hydrogen-bond acceptors (Lipinski definition) is 15. The molecule has 3 unspecified atom stereocenters. The van der Waals surface area contributed by atoms with Crippen molar-refractivity contribution in [1.29, 1.82) is 0 Å². The number of ether oxygens (including phenoxy) is 4. The third-order valence-corrected chi connectivity index (χ3v) is 19.1. The van der Waals surface area contributed by atoms with Crippen LogP contribution in [0.3, 0.4) is 0 Å². The second-order valence-electron chi connectivity index (χ2n) is 27.5. The summed E-state index contributed by atoms with van der Waals surface area (Å²) in [7, 11) is -9.91. The summed E-state index contributed by atoms with van der Waals surface area (Å²) in [5.74, 6) is 0.107. The van der Waals surface area contributed by atoms with Crippen LogP contribution >= 0.6 is 15.6 Å². The van der Waals surface area contributed by atoms with Crippen LogP contribution in [0.4, 0.5) is 0 Å². The molecule has 0 amide bonds. The Balaban J connectivity index is 5.25. The second kappa shape index (κ2) is 63.8. The normalized spacial score (nSPS) is 14.4. The molecule has 92 heavy (non-hydrogen) atoms. The molecule has 0 radical (unpaired) electrons. The van der Waals surface area contributed by atoms with Gasteiger partial charge in [0.05, 0.1) is 26.4 Å². The number of aliphatic hydroxyl groups excluding tert-OH is 1. The lowest BCUT2D eigenvalue weighted by Crippen LogP contribution is -2.30. The van der Waals surface area contributed by atoms with Crippen LogP contribution in [0.25, 0.3) is 0 Å². The maximum absolute atomic E-state index is 13.1. The van der Waals surface area contributed by atoms with Gasteiger partial charge in [-0.1, -0.05) is 318 Å². The Morgan fingerprint density at radius 2 is 0.554 bits per heavy atom. The van der Waals surface area contributed by atoms with Crippen molar-refractivity contribution in [3.8, 4) is 0 Å². The molecule has 0 fully saturated rings. The van der Waals surface area contributed by atoms with Crippen LogP contribution in [0.5, 0.6) is 0 Å². The van der Waals surface area contributed by atoms with Crippen molar-refractivity contribution in [3.63, 3.8) is 0 Å². The Bertz CT molecular complexity index is 1800. The van der Waals surface area contributed by atoms with Gasteiger partial charge in [-0.3, -0.25) is 37.3 Å². The topological polar surface area (TPSA) is 237 Å². The van der Waals surface area contributed by atoms with Crippen LogP contribution in [-0.2, 0) is 65.4 Å². The van der Waals surface area contributed by atoms with E-state index in [1.807, 2.05) is 0 Å². The number of carbonyl (C=O) groups excluding carboxylic acids is 4. The van der Waals surface area contributed by atoms with E-state index in [0.29, 0.717) is 25.7 Å². The molecule has 0 aliphatic heterocycles. The Morgan fingerprint density at radius 1 is 0.315 bits per heavy atom. The van der Waals surface area contributed by atoms with E-state index in [1.165, 1.54) is 173 Å². The highest BCUT2D eigenvalue weighted by Gasteiger charge is 2.30. The smallest absolute Gasteiger partial charge is 0.462 e. The number of unbranched alkanes of at least 4 members (excludes halogenated alkanes) is 38. The van der Waals surface area contributed by atoms with Gasteiger partial charge < -0.3 is 33.8 Å². The van der Waals surface area contributed by atoms with E-state index in [2.05, 4.69) is 48.5 Å². The van der Waals surface area contributed by atoms with Gasteiger partial charge in [-0.05, 0) is 43.4 Å². The van der Waals surface area contributed by atoms with Crippen molar-refractivity contribution in [3.05, 3.63) is 0 Å². The zero-order chi connectivity index (χ0) is 68.0. The molecule has 6 atom stereocenters. The molecule has 0 rings (SSSR count). The molecule has 0 aliphatic carbocycles. The summed E-state index contributed by atoms with van der Waals surface area (Å²) in [6.45, 7) is 11.8. The molecule has 19 heteroatoms. The minimum Gasteiger partial charge on any atom is -0.462 e. The van der Waals surface area contributed by atoms with E-state index in [-0.39, 0.29) is 25.7 Å². The molecule has 0 aromatic rings. The Labute approximate surface area is 562 Å². The van der Waals surface area contributed by atoms with E-state index >= 15 is 0 Å². The molecular weight excluding hydrogens is 1210 g/mol. The van der Waals surface area contributed by atoms with Crippen LogP contribution in [0.1, 0.15) is 370 Å². The van der Waals surface area contributed by atoms with Crippen molar-refractivity contribution < 1.29 is 80.2 Å². The highest BCUT2D eigenvalue weighted by molar-refractivity contribution is 7.47. The van der Waals surface area contributed by atoms with E-state index in [9.17, 15) is 43.2 Å². The second-order valence-corrected chi connectivity index (χ2v) is 30.4. The molecule has 0 aromatic heterocycles. The summed E-state index contributed by atoms with van der Waals surface area (Å²) in [6.07, 6.45) is 48.6. The van der Waals surface area contributed by atoms with Crippen molar-refractivity contribution in [2.75, 3.05) is 39.6 Å². The van der Waals surface area contributed by atoms with Crippen molar-refractivity contribution in [1.82, 2.24) is 0 Å². The predicted molar refractivity (Wildman–Crippen MR) is 372 cm³/mol. The quantitative estimate of drug-likeness (QED) is 0.0222. The lowest BCUT2D eigenvalue weighted by atomic mass is 10.00. The van der Waals surface area contributed by atoms with Gasteiger partial charge in [-0.15, -0.1) is 0 Å². The van der Waals surface area contributed by atoms with Gasteiger partial charge in [0.15, 0.2) is 12.2 Å². The van der Waals surface area contributed by atoms with Crippen molar-refractivity contribution in [2.24, 2.45) is 17.8 Å². The van der Waals surface area contributed by atoms with Gasteiger partial charge in [0, 0.05) is 25.7 Å². The van der Waals surface area contributed by atoms with Crippen molar-refractivity contribution >= 4 is 39.5 Å². The monoisotopic (exact) mass is 1350 g/mol. The average Bonchev–Trinajstić information content (AvgIpc) is 2.76. The number of aliphatic hydroxyl groups is 1. The first-order valence-electron chi connectivity index (χ1n) is 37.9. The van der Waals surface area contributed by atoms with Crippen LogP contribution in [0.15, 0.2) is 0 Å². The largest absolute Gasteiger partial charge is 0.472 e. The Kier molecular flexibility index (Phi) is 62.4. The predicted octanol–water partition coefficient (Wildman–Crippen LogP) is 21.0. The minimum atomic E-state index is -4.96. The molecule has 546 valence electrons. The fraction of sp³-hybridized carbons (Fsp3) is 0.945. The van der Waals surface area contributed by atoms with Crippen LogP contribution in [-0.4, -0.2) is 96.7 Å². The number of carbonyl (C=O) groups is 4. The van der Waals surface area contributed by atoms with E-state index in [1.54, 1.807) is 0 Å². The summed E-state index contributed by atoms with van der Waals surface area (Å²) >= 11 is 0. The number of phosphoric ester groups is 2. The van der Waals surface area contributed by atoms with E-state index in [4.69, 9.17) is 37.0 Å². The molecule has 0 aliphatic rings. The van der Waals surface area contributed by atoms with Gasteiger partial charge >= 0.3 is 39.5 Å². The summed E-state index contributed by atoms with van der Waals surface area (Å²) in [5, 5.41) is 10.6. The fourth-order valence-corrected chi connectivity index (χ4v) is 12.6. The lowest BCUT2D eigenvalue weighted by molar-refractivity contribution is -0.161. The molecule has 17 nitrogen and oxygen atoms in total. The summed E-state index contributed by atoms with van der Waals surface area (Å²) in [6, 6.07) is 0. The molecular formula is C73H142O17P2. The molecule has 3 N–H and O–H groups in total. The standard InChI is InChI=1S/C73H142O17P2/c1-8-10-11-12-13-14-15-16-17-18-19-24-27-33-42-49-56-72(77)89-68(60-83-70(75)54-47-40-32-26-23-21-20-22-25-30-37-44-51-64(3)4)62-87-91(79,80)85-58-67(74)59-86-92(81,82)88-63-69(61-84-71(76)55-48-41-36-35-39-46-53-66(7)9-2)90-73(78)57-50-43-34-29-28-31-38-45-52-65(5)6/h64-69,74H,8-63H2,1-7H3,(H,79,80)(H,81,82)/t66?,67-,68-,69-/m1/s1. The first-order valence-corrected chi connectivity index (χ1v) is 40.9. The van der Waals surface area contributed by atoms with Crippen LogP contribution in [0.2, 0.25) is 0 Å². The zero-order valence-corrected chi connectivity index (χ0v) is 61.8. The van der Waals surface area contributed by atoms with Gasteiger partial charge in [0.25, 0.3) is 0 Å². The lowest BCUT2D eigenvalue weighted by Gasteiger charge is -2.21. The minimum absolute atomic E-state index is 0.103. The number of rotatable bonds is 71. The number of phosphoric acid groups is 2. The molecule has 0 spiro atoms. The first kappa shape index (κ1) is 90.1. The van der Waals surface area contributed by atoms with E-state index < -0.39 is 97.5 Å². The summed E-state index contributed by atoms with van der Waals surface area (Å²) in [4.78, 5) is 72.7. The molecule has 0 bridgehead atoms. The average molecular weight is 1350 g/mol. The third kappa shape index (κ3) is 65.4. The van der Waals surface area contributed by atoms with Crippen LogP contribution in [0, 0.1) is 17.8 Å². The van der Waals surface area contributed by atoms with Gasteiger partial charge in [0.2, 0.25) is 0 Å². The molecule has 0 heterocycles. The highest BCUT2D eigenvalue weighted by Crippen LogP contribution is 2.45. The van der Waals surface area contributed by atoms with Gasteiger partial charge in [0.1, 0.15) is 19.3 Å². The SMILES string of the molecule is CCCCCCCCCCCCCCCCCCC(=O)O[C@H](COC(=O)CCCCCCCCCCCCCCC(C)C)COP(=O)(O)OC[C@@H](O)COP(=O)(O)OC[C@@H](COC(=O)CCCCCCCCC(C)CC)OC(=O)CCCCCCCCCCC(C)C. The van der Waals surface area contributed by atoms with Gasteiger partial charge in [-0.2, -0.15) is 0 Å². The maximum atomic E-state index is 13.1. The zero-order valence-electron chi connectivity index (χ0n) is 60.0. The molecule has 0 saturated heterocycles. The summed E-state index contributed by atoms with van der Waals surface area (Å²) < 4.78 is 68.4. The summed E-state index contributed by atoms with van der Waals surface area (Å²) in [5.41, 5.74) is 0. The fourth-order valence-electron chi connectivity index (χ4n) is 11.0. The third-order valence-electron chi connectivity index (χ3n) is 17.2. The molecule has 0 saturated carbocycles. The maximum Gasteiger partial charge on any atom is 0.472 e. The number of hydrogen-bond donors (Lipinski definition) is 3. The first-order chi connectivity index (χ1) is 44.3. The highest BCUT2D eigenvalue weighted by atomic mass is 31.2.